The zero-order chi connectivity index (χ0) is 16.2. The summed E-state index contributed by atoms with van der Waals surface area (Å²) in [6.07, 6.45) is 3.33. The van der Waals surface area contributed by atoms with Crippen LogP contribution >= 0.6 is 0 Å². The molecule has 2 heterocycles. The fourth-order valence-corrected chi connectivity index (χ4v) is 3.14. The van der Waals surface area contributed by atoms with E-state index in [1.54, 1.807) is 16.9 Å². The average molecular weight is 317 g/mol. The number of benzene rings is 1. The fourth-order valence-electron chi connectivity index (χ4n) is 3.14. The molecule has 0 N–H and O–H groups in total. The molecule has 1 aromatic carbocycles. The molecule has 2 aliphatic heterocycles. The Kier molecular flexibility index (Phi) is 4.69. The quantitative estimate of drug-likeness (QED) is 0.853. The van der Waals surface area contributed by atoms with Crippen LogP contribution in [0.2, 0.25) is 0 Å². The zero-order valence-electron chi connectivity index (χ0n) is 13.5. The second-order valence-electron chi connectivity index (χ2n) is 6.00. The maximum Gasteiger partial charge on any atom is 0.325 e. The topological polar surface area (TPSA) is 53.1 Å². The summed E-state index contributed by atoms with van der Waals surface area (Å²) in [6, 6.07) is 7.31. The van der Waals surface area contributed by atoms with Crippen LogP contribution < -0.4 is 9.64 Å². The lowest BCUT2D eigenvalue weighted by Crippen LogP contribution is -2.44. The molecule has 3 rings (SSSR count). The SMILES string of the molecule is COc1ccc(N2CCN(CC(=O)N3CCCCC3)C2=O)cc1. The van der Waals surface area contributed by atoms with Gasteiger partial charge in [0.1, 0.15) is 12.3 Å². The van der Waals surface area contributed by atoms with Crippen LogP contribution in [0, 0.1) is 0 Å². The van der Waals surface area contributed by atoms with Crippen molar-refractivity contribution < 1.29 is 14.3 Å². The second-order valence-corrected chi connectivity index (χ2v) is 6.00. The van der Waals surface area contributed by atoms with E-state index in [2.05, 4.69) is 0 Å². The summed E-state index contributed by atoms with van der Waals surface area (Å²) in [5.74, 6) is 0.826. The number of amides is 3. The molecule has 23 heavy (non-hydrogen) atoms. The predicted octanol–water partition coefficient (Wildman–Crippen LogP) is 1.95. The lowest BCUT2D eigenvalue weighted by atomic mass is 10.1. The van der Waals surface area contributed by atoms with Crippen molar-refractivity contribution in [2.75, 3.05) is 44.7 Å². The van der Waals surface area contributed by atoms with Gasteiger partial charge in [-0.15, -0.1) is 0 Å². The molecule has 2 saturated heterocycles. The largest absolute Gasteiger partial charge is 0.497 e. The monoisotopic (exact) mass is 317 g/mol. The summed E-state index contributed by atoms with van der Waals surface area (Å²) in [5, 5.41) is 0. The van der Waals surface area contributed by atoms with Crippen LogP contribution in [0.15, 0.2) is 24.3 Å². The lowest BCUT2D eigenvalue weighted by Gasteiger charge is -2.28. The molecule has 0 saturated carbocycles. The molecule has 124 valence electrons. The van der Waals surface area contributed by atoms with Gasteiger partial charge >= 0.3 is 6.03 Å². The van der Waals surface area contributed by atoms with E-state index in [9.17, 15) is 9.59 Å². The Labute approximate surface area is 136 Å². The molecule has 0 atom stereocenters. The molecule has 0 aromatic heterocycles. The van der Waals surface area contributed by atoms with Gasteiger partial charge in [-0.3, -0.25) is 9.69 Å². The Bertz CT molecular complexity index is 567. The van der Waals surface area contributed by atoms with Crippen molar-refractivity contribution in [1.82, 2.24) is 9.80 Å². The number of carbonyl (C=O) groups excluding carboxylic acids is 2. The van der Waals surface area contributed by atoms with Gasteiger partial charge < -0.3 is 14.5 Å². The smallest absolute Gasteiger partial charge is 0.325 e. The van der Waals surface area contributed by atoms with Crippen molar-refractivity contribution >= 4 is 17.6 Å². The third kappa shape index (κ3) is 3.41. The van der Waals surface area contributed by atoms with E-state index in [4.69, 9.17) is 4.74 Å². The highest BCUT2D eigenvalue weighted by Crippen LogP contribution is 2.23. The number of methoxy groups -OCH3 is 1. The van der Waals surface area contributed by atoms with Crippen LogP contribution in [0.4, 0.5) is 10.5 Å². The van der Waals surface area contributed by atoms with E-state index in [0.29, 0.717) is 13.1 Å². The zero-order valence-corrected chi connectivity index (χ0v) is 13.5. The van der Waals surface area contributed by atoms with Crippen LogP contribution in [0.3, 0.4) is 0 Å². The number of carbonyl (C=O) groups is 2. The van der Waals surface area contributed by atoms with Crippen LogP contribution in [0.25, 0.3) is 0 Å². The van der Waals surface area contributed by atoms with Crippen LogP contribution in [-0.4, -0.2) is 61.6 Å². The molecule has 0 bridgehead atoms. The Morgan fingerprint density at radius 1 is 1.04 bits per heavy atom. The summed E-state index contributed by atoms with van der Waals surface area (Å²) < 4.78 is 5.14. The molecular weight excluding hydrogens is 294 g/mol. The summed E-state index contributed by atoms with van der Waals surface area (Å²) in [4.78, 5) is 30.1. The second kappa shape index (κ2) is 6.89. The van der Waals surface area contributed by atoms with Crippen LogP contribution in [0.5, 0.6) is 5.75 Å². The summed E-state index contributed by atoms with van der Waals surface area (Å²) in [5.41, 5.74) is 0.837. The molecule has 1 aromatic rings. The molecule has 6 nitrogen and oxygen atoms in total. The first-order valence-electron chi connectivity index (χ1n) is 8.17. The lowest BCUT2D eigenvalue weighted by molar-refractivity contribution is -0.132. The number of hydrogen-bond donors (Lipinski definition) is 0. The highest BCUT2D eigenvalue weighted by Gasteiger charge is 2.32. The summed E-state index contributed by atoms with van der Waals surface area (Å²) in [6.45, 7) is 3.03. The van der Waals surface area contributed by atoms with Crippen LogP contribution in [-0.2, 0) is 4.79 Å². The van der Waals surface area contributed by atoms with E-state index in [0.717, 1.165) is 37.4 Å². The van der Waals surface area contributed by atoms with Gasteiger partial charge in [0.05, 0.1) is 7.11 Å². The third-order valence-corrected chi connectivity index (χ3v) is 4.51. The molecule has 2 aliphatic rings. The molecule has 6 heteroatoms. The van der Waals surface area contributed by atoms with E-state index in [-0.39, 0.29) is 18.5 Å². The van der Waals surface area contributed by atoms with Crippen molar-refractivity contribution in [3.8, 4) is 5.75 Å². The van der Waals surface area contributed by atoms with E-state index in [1.165, 1.54) is 6.42 Å². The number of hydrogen-bond acceptors (Lipinski definition) is 3. The number of likely N-dealkylation sites (tertiary alicyclic amines) is 1. The third-order valence-electron chi connectivity index (χ3n) is 4.51. The van der Waals surface area contributed by atoms with Crippen molar-refractivity contribution in [2.24, 2.45) is 0 Å². The first-order chi connectivity index (χ1) is 11.2. The summed E-state index contributed by atoms with van der Waals surface area (Å²) in [7, 11) is 1.62. The van der Waals surface area contributed by atoms with E-state index in [1.807, 2.05) is 29.2 Å². The standard InChI is InChI=1S/C17H23N3O3/c1-23-15-7-5-14(6-8-15)20-12-11-19(17(20)22)13-16(21)18-9-3-2-4-10-18/h5-8H,2-4,9-13H2,1H3. The van der Waals surface area contributed by atoms with Crippen molar-refractivity contribution in [1.29, 1.82) is 0 Å². The van der Waals surface area contributed by atoms with Gasteiger partial charge in [0.15, 0.2) is 0 Å². The Balaban J connectivity index is 1.60. The van der Waals surface area contributed by atoms with Gasteiger partial charge in [-0.05, 0) is 43.5 Å². The molecule has 3 amide bonds. The first kappa shape index (κ1) is 15.6. The molecule has 0 aliphatic carbocycles. The maximum absolute atomic E-state index is 12.5. The molecule has 0 radical (unpaired) electrons. The minimum absolute atomic E-state index is 0.0645. The number of piperidine rings is 1. The first-order valence-corrected chi connectivity index (χ1v) is 8.17. The van der Waals surface area contributed by atoms with E-state index < -0.39 is 0 Å². The van der Waals surface area contributed by atoms with Gasteiger partial charge in [0.25, 0.3) is 0 Å². The van der Waals surface area contributed by atoms with Gasteiger partial charge in [-0.25, -0.2) is 4.79 Å². The Hall–Kier alpha value is -2.24. The fraction of sp³-hybridized carbons (Fsp3) is 0.529. The molecule has 0 unspecified atom stereocenters. The van der Waals surface area contributed by atoms with Gasteiger partial charge in [-0.2, -0.15) is 0 Å². The molecular formula is C17H23N3O3. The Morgan fingerprint density at radius 3 is 2.39 bits per heavy atom. The number of rotatable bonds is 4. The Morgan fingerprint density at radius 2 is 1.74 bits per heavy atom. The van der Waals surface area contributed by atoms with Crippen LogP contribution in [0.1, 0.15) is 19.3 Å². The number of urea groups is 1. The van der Waals surface area contributed by atoms with Crippen molar-refractivity contribution in [3.05, 3.63) is 24.3 Å². The minimum atomic E-state index is -0.0967. The van der Waals surface area contributed by atoms with Gasteiger partial charge in [0, 0.05) is 31.9 Å². The maximum atomic E-state index is 12.5. The van der Waals surface area contributed by atoms with E-state index >= 15 is 0 Å². The highest BCUT2D eigenvalue weighted by molar-refractivity contribution is 5.96. The molecule has 2 fully saturated rings. The van der Waals surface area contributed by atoms with Crippen molar-refractivity contribution in [2.45, 2.75) is 19.3 Å². The number of nitrogens with zero attached hydrogens (tertiary/aromatic N) is 3. The minimum Gasteiger partial charge on any atom is -0.497 e. The number of ether oxygens (including phenoxy) is 1. The highest BCUT2D eigenvalue weighted by atomic mass is 16.5. The normalized spacial score (nSPS) is 18.5. The average Bonchev–Trinajstić information content (AvgIpc) is 2.96. The molecule has 0 spiro atoms. The van der Waals surface area contributed by atoms with Crippen molar-refractivity contribution in [3.63, 3.8) is 0 Å². The summed E-state index contributed by atoms with van der Waals surface area (Å²) >= 11 is 0. The predicted molar refractivity (Wildman–Crippen MR) is 87.7 cm³/mol. The van der Waals surface area contributed by atoms with Gasteiger partial charge in [-0.1, -0.05) is 0 Å². The van der Waals surface area contributed by atoms with Gasteiger partial charge in [0.2, 0.25) is 5.91 Å². The number of anilines is 1.